The van der Waals surface area contributed by atoms with Gasteiger partial charge in [-0.25, -0.2) is 0 Å². The Bertz CT molecular complexity index is 761. The number of rotatable bonds is 8. The molecule has 5 N–H and O–H groups in total. The highest BCUT2D eigenvalue weighted by Crippen LogP contribution is 2.30. The number of hydrogen-bond donors (Lipinski definition) is 4. The lowest BCUT2D eigenvalue weighted by Gasteiger charge is -2.19. The van der Waals surface area contributed by atoms with Crippen molar-refractivity contribution in [2.24, 2.45) is 5.92 Å². The summed E-state index contributed by atoms with van der Waals surface area (Å²) in [6.45, 7) is 1.84. The average molecular weight is 356 g/mol. The van der Waals surface area contributed by atoms with Crippen LogP contribution in [-0.2, 0) is 4.79 Å². The standard InChI is InChI=1S/C20H24N2O4/c1-14(10-11-19(24)22-17-8-4-3-7-16(17)21)20(25)15-6-2-5-9-18(15)26-13-12-23/h2-11,14,20,23,25H,12-13,21H2,1H3,(H,22,24)/b11-10+/t14-,20+/m0/s1. The Balaban J connectivity index is 2.02. The molecule has 0 saturated heterocycles. The lowest BCUT2D eigenvalue weighted by atomic mass is 9.96. The maximum Gasteiger partial charge on any atom is 0.248 e. The maximum atomic E-state index is 12.0. The van der Waals surface area contributed by atoms with Gasteiger partial charge in [-0.15, -0.1) is 0 Å². The average Bonchev–Trinajstić information content (AvgIpc) is 2.66. The highest BCUT2D eigenvalue weighted by Gasteiger charge is 2.18. The number of hydrogen-bond acceptors (Lipinski definition) is 5. The van der Waals surface area contributed by atoms with Crippen LogP contribution in [0.25, 0.3) is 0 Å². The molecular weight excluding hydrogens is 332 g/mol. The number of para-hydroxylation sites is 3. The molecule has 0 aliphatic rings. The third kappa shape index (κ3) is 5.34. The number of carbonyl (C=O) groups is 1. The molecule has 138 valence electrons. The van der Waals surface area contributed by atoms with Gasteiger partial charge >= 0.3 is 0 Å². The highest BCUT2D eigenvalue weighted by molar-refractivity contribution is 6.01. The number of nitrogen functional groups attached to an aromatic ring is 1. The van der Waals surface area contributed by atoms with E-state index in [2.05, 4.69) is 5.32 Å². The number of nitrogens with two attached hydrogens (primary N) is 1. The molecule has 0 bridgehead atoms. The molecule has 2 aromatic rings. The van der Waals surface area contributed by atoms with Crippen LogP contribution in [0.4, 0.5) is 11.4 Å². The molecule has 0 aliphatic heterocycles. The molecule has 0 radical (unpaired) electrons. The van der Waals surface area contributed by atoms with Crippen molar-refractivity contribution in [3.8, 4) is 5.75 Å². The molecule has 0 aliphatic carbocycles. The smallest absolute Gasteiger partial charge is 0.248 e. The molecule has 0 heterocycles. The lowest BCUT2D eigenvalue weighted by Crippen LogP contribution is -2.13. The molecule has 2 aromatic carbocycles. The summed E-state index contributed by atoms with van der Waals surface area (Å²) in [4.78, 5) is 12.0. The van der Waals surface area contributed by atoms with Crippen molar-refractivity contribution in [2.45, 2.75) is 13.0 Å². The van der Waals surface area contributed by atoms with Crippen LogP contribution in [0.2, 0.25) is 0 Å². The van der Waals surface area contributed by atoms with Gasteiger partial charge in [0.1, 0.15) is 12.4 Å². The predicted octanol–water partition coefficient (Wildman–Crippen LogP) is 2.50. The van der Waals surface area contributed by atoms with Crippen molar-refractivity contribution in [3.63, 3.8) is 0 Å². The van der Waals surface area contributed by atoms with Crippen LogP contribution in [0.5, 0.6) is 5.75 Å². The van der Waals surface area contributed by atoms with Crippen molar-refractivity contribution in [1.29, 1.82) is 0 Å². The molecule has 6 heteroatoms. The topological polar surface area (TPSA) is 105 Å². The van der Waals surface area contributed by atoms with Gasteiger partial charge in [-0.1, -0.05) is 43.3 Å². The number of carbonyl (C=O) groups excluding carboxylic acids is 1. The van der Waals surface area contributed by atoms with Gasteiger partial charge in [0.05, 0.1) is 24.1 Å². The quantitative estimate of drug-likeness (QED) is 0.430. The van der Waals surface area contributed by atoms with Crippen molar-refractivity contribution in [2.75, 3.05) is 24.3 Å². The monoisotopic (exact) mass is 356 g/mol. The van der Waals surface area contributed by atoms with E-state index in [1.807, 2.05) is 0 Å². The molecule has 2 atom stereocenters. The number of ether oxygens (including phenoxy) is 1. The van der Waals surface area contributed by atoms with E-state index in [1.165, 1.54) is 6.08 Å². The van der Waals surface area contributed by atoms with Crippen LogP contribution in [0.3, 0.4) is 0 Å². The van der Waals surface area contributed by atoms with Gasteiger partial charge in [-0.3, -0.25) is 4.79 Å². The van der Waals surface area contributed by atoms with E-state index in [4.69, 9.17) is 15.6 Å². The van der Waals surface area contributed by atoms with Crippen LogP contribution in [-0.4, -0.2) is 29.3 Å². The first kappa shape index (κ1) is 19.5. The zero-order valence-electron chi connectivity index (χ0n) is 14.6. The molecule has 0 fully saturated rings. The normalized spacial score (nSPS) is 13.3. The number of nitrogens with one attached hydrogen (secondary N) is 1. The van der Waals surface area contributed by atoms with E-state index in [-0.39, 0.29) is 25.0 Å². The number of anilines is 2. The summed E-state index contributed by atoms with van der Waals surface area (Å²) in [5.74, 6) is -0.143. The first-order valence-electron chi connectivity index (χ1n) is 8.37. The minimum Gasteiger partial charge on any atom is -0.491 e. The Morgan fingerprint density at radius 2 is 1.92 bits per heavy atom. The summed E-state index contributed by atoms with van der Waals surface area (Å²) < 4.78 is 5.45. The van der Waals surface area contributed by atoms with Crippen LogP contribution >= 0.6 is 0 Å². The summed E-state index contributed by atoms with van der Waals surface area (Å²) >= 11 is 0. The van der Waals surface area contributed by atoms with E-state index in [1.54, 1.807) is 61.5 Å². The van der Waals surface area contributed by atoms with Gasteiger partial charge < -0.3 is 26.0 Å². The summed E-state index contributed by atoms with van der Waals surface area (Å²) in [5, 5.41) is 22.2. The summed E-state index contributed by atoms with van der Waals surface area (Å²) in [6.07, 6.45) is 2.15. The Hall–Kier alpha value is -2.83. The Kier molecular flexibility index (Phi) is 7.20. The predicted molar refractivity (Wildman–Crippen MR) is 102 cm³/mol. The van der Waals surface area contributed by atoms with Crippen LogP contribution in [0, 0.1) is 5.92 Å². The molecule has 0 aromatic heterocycles. The van der Waals surface area contributed by atoms with Crippen LogP contribution < -0.4 is 15.8 Å². The third-order valence-corrected chi connectivity index (χ3v) is 3.85. The molecular formula is C20H24N2O4. The third-order valence-electron chi connectivity index (χ3n) is 3.85. The highest BCUT2D eigenvalue weighted by atomic mass is 16.5. The number of benzene rings is 2. The second-order valence-electron chi connectivity index (χ2n) is 5.85. The molecule has 6 nitrogen and oxygen atoms in total. The fraction of sp³-hybridized carbons (Fsp3) is 0.250. The molecule has 0 spiro atoms. The summed E-state index contributed by atoms with van der Waals surface area (Å²) in [6, 6.07) is 14.1. The molecule has 1 amide bonds. The van der Waals surface area contributed by atoms with E-state index in [9.17, 15) is 9.90 Å². The Labute approximate surface area is 152 Å². The van der Waals surface area contributed by atoms with Gasteiger partial charge in [0, 0.05) is 11.5 Å². The fourth-order valence-electron chi connectivity index (χ4n) is 2.42. The van der Waals surface area contributed by atoms with Gasteiger partial charge in [-0.05, 0) is 24.3 Å². The Morgan fingerprint density at radius 3 is 2.65 bits per heavy atom. The number of aliphatic hydroxyl groups is 2. The summed E-state index contributed by atoms with van der Waals surface area (Å²) in [7, 11) is 0. The van der Waals surface area contributed by atoms with E-state index >= 15 is 0 Å². The summed E-state index contributed by atoms with van der Waals surface area (Å²) in [5.41, 5.74) is 7.42. The van der Waals surface area contributed by atoms with Gasteiger partial charge in [0.15, 0.2) is 0 Å². The largest absolute Gasteiger partial charge is 0.491 e. The number of aliphatic hydroxyl groups excluding tert-OH is 2. The van der Waals surface area contributed by atoms with Crippen LogP contribution in [0.15, 0.2) is 60.7 Å². The Morgan fingerprint density at radius 1 is 1.23 bits per heavy atom. The molecule has 0 saturated carbocycles. The van der Waals surface area contributed by atoms with Crippen molar-refractivity contribution < 1.29 is 19.7 Å². The SMILES string of the molecule is C[C@@H](/C=C/C(=O)Nc1ccccc1N)[C@@H](O)c1ccccc1OCCO. The van der Waals surface area contributed by atoms with Crippen molar-refractivity contribution in [1.82, 2.24) is 0 Å². The first-order valence-corrected chi connectivity index (χ1v) is 8.37. The minimum atomic E-state index is -0.851. The van der Waals surface area contributed by atoms with Gasteiger partial charge in [-0.2, -0.15) is 0 Å². The van der Waals surface area contributed by atoms with E-state index in [0.717, 1.165) is 0 Å². The van der Waals surface area contributed by atoms with E-state index < -0.39 is 6.10 Å². The van der Waals surface area contributed by atoms with Crippen LogP contribution in [0.1, 0.15) is 18.6 Å². The van der Waals surface area contributed by atoms with E-state index in [0.29, 0.717) is 22.7 Å². The molecule has 2 rings (SSSR count). The zero-order valence-corrected chi connectivity index (χ0v) is 14.6. The van der Waals surface area contributed by atoms with Crippen molar-refractivity contribution in [3.05, 3.63) is 66.2 Å². The van der Waals surface area contributed by atoms with Gasteiger partial charge in [0.25, 0.3) is 0 Å². The van der Waals surface area contributed by atoms with Gasteiger partial charge in [0.2, 0.25) is 5.91 Å². The number of amides is 1. The minimum absolute atomic E-state index is 0.108. The fourth-order valence-corrected chi connectivity index (χ4v) is 2.42. The maximum absolute atomic E-state index is 12.0. The molecule has 0 unspecified atom stereocenters. The first-order chi connectivity index (χ1) is 12.5. The second kappa shape index (κ2) is 9.60. The lowest BCUT2D eigenvalue weighted by molar-refractivity contribution is -0.111. The molecule has 26 heavy (non-hydrogen) atoms. The van der Waals surface area contributed by atoms with Crippen molar-refractivity contribution >= 4 is 17.3 Å². The zero-order chi connectivity index (χ0) is 18.9. The second-order valence-corrected chi connectivity index (χ2v) is 5.85.